The molecular formula is C11H8N2O4S. The highest BCUT2D eigenvalue weighted by Crippen LogP contribution is 2.24. The number of hydrogen-bond acceptors (Lipinski definition) is 5. The van der Waals surface area contributed by atoms with Gasteiger partial charge in [-0.15, -0.1) is 0 Å². The molecule has 0 aliphatic carbocycles. The van der Waals surface area contributed by atoms with Crippen LogP contribution < -0.4 is 10.6 Å². The van der Waals surface area contributed by atoms with Crippen molar-refractivity contribution in [1.82, 2.24) is 5.32 Å². The number of phenols is 1. The number of aromatic hydroxyl groups is 1. The van der Waals surface area contributed by atoms with Gasteiger partial charge in [0.15, 0.2) is 0 Å². The molecule has 0 atom stereocenters. The van der Waals surface area contributed by atoms with Crippen LogP contribution in [-0.4, -0.2) is 22.2 Å². The normalized spacial score (nSPS) is 16.8. The Morgan fingerprint density at radius 1 is 1.33 bits per heavy atom. The summed E-state index contributed by atoms with van der Waals surface area (Å²) in [6.45, 7) is 0. The number of amides is 3. The first-order valence-corrected chi connectivity index (χ1v) is 5.72. The molecule has 3 N–H and O–H groups in total. The van der Waals surface area contributed by atoms with Crippen molar-refractivity contribution in [3.63, 3.8) is 0 Å². The molecule has 1 aliphatic rings. The van der Waals surface area contributed by atoms with Crippen molar-refractivity contribution in [3.8, 4) is 5.75 Å². The number of para-hydroxylation sites is 2. The van der Waals surface area contributed by atoms with Gasteiger partial charge in [0.1, 0.15) is 5.75 Å². The van der Waals surface area contributed by atoms with Gasteiger partial charge < -0.3 is 10.4 Å². The summed E-state index contributed by atoms with van der Waals surface area (Å²) in [4.78, 5) is 33.7. The lowest BCUT2D eigenvalue weighted by atomic mass is 10.3. The fourth-order valence-electron chi connectivity index (χ4n) is 1.29. The maximum absolute atomic E-state index is 11.6. The van der Waals surface area contributed by atoms with Crippen LogP contribution in [0.15, 0.2) is 35.2 Å². The van der Waals surface area contributed by atoms with E-state index in [4.69, 9.17) is 0 Å². The number of thioether (sulfide) groups is 1. The smallest absolute Gasteiger partial charge is 0.290 e. The van der Waals surface area contributed by atoms with E-state index in [-0.39, 0.29) is 16.3 Å². The zero-order valence-electron chi connectivity index (χ0n) is 8.97. The van der Waals surface area contributed by atoms with E-state index in [1.54, 1.807) is 12.1 Å². The molecule has 0 bridgehead atoms. The standard InChI is InChI=1S/C11H8N2O4S/c14-7-4-2-1-3-6(7)12-9(15)5-8-10(16)13-11(17)18-8/h1-5,14H,(H,12,15)(H,13,16,17). The second-order valence-corrected chi connectivity index (χ2v) is 4.37. The average molecular weight is 264 g/mol. The van der Waals surface area contributed by atoms with Gasteiger partial charge in [-0.25, -0.2) is 0 Å². The number of anilines is 1. The van der Waals surface area contributed by atoms with Gasteiger partial charge in [-0.1, -0.05) is 12.1 Å². The Balaban J connectivity index is 2.10. The molecule has 92 valence electrons. The van der Waals surface area contributed by atoms with Crippen molar-refractivity contribution in [2.24, 2.45) is 0 Å². The predicted octanol–water partition coefficient (Wildman–Crippen LogP) is 1.20. The summed E-state index contributed by atoms with van der Waals surface area (Å²) < 4.78 is 0. The molecule has 0 unspecified atom stereocenters. The number of nitrogens with one attached hydrogen (secondary N) is 2. The molecule has 0 radical (unpaired) electrons. The molecule has 1 aromatic carbocycles. The van der Waals surface area contributed by atoms with Crippen LogP contribution in [0, 0.1) is 0 Å². The van der Waals surface area contributed by atoms with Gasteiger partial charge in [-0.2, -0.15) is 0 Å². The van der Waals surface area contributed by atoms with Gasteiger partial charge in [0.2, 0.25) is 5.91 Å². The second-order valence-electron chi connectivity index (χ2n) is 3.36. The van der Waals surface area contributed by atoms with Gasteiger partial charge in [-0.05, 0) is 23.9 Å². The van der Waals surface area contributed by atoms with Gasteiger partial charge >= 0.3 is 0 Å². The van der Waals surface area contributed by atoms with Crippen LogP contribution in [0.5, 0.6) is 5.75 Å². The van der Waals surface area contributed by atoms with Crippen LogP contribution >= 0.6 is 11.8 Å². The maximum Gasteiger partial charge on any atom is 0.290 e. The lowest BCUT2D eigenvalue weighted by Gasteiger charge is -2.04. The minimum atomic E-state index is -0.600. The minimum absolute atomic E-state index is 0.0212. The molecular weight excluding hydrogens is 256 g/mol. The first kappa shape index (κ1) is 12.2. The molecule has 6 nitrogen and oxygen atoms in total. The van der Waals surface area contributed by atoms with Crippen LogP contribution in [0.4, 0.5) is 10.5 Å². The molecule has 0 saturated carbocycles. The fraction of sp³-hybridized carbons (Fsp3) is 0. The van der Waals surface area contributed by atoms with E-state index in [2.05, 4.69) is 5.32 Å². The molecule has 1 aliphatic heterocycles. The van der Waals surface area contributed by atoms with E-state index < -0.39 is 17.1 Å². The molecule has 3 amide bonds. The summed E-state index contributed by atoms with van der Waals surface area (Å²) in [5.74, 6) is -1.27. The fourth-order valence-corrected chi connectivity index (χ4v) is 1.94. The van der Waals surface area contributed by atoms with Crippen molar-refractivity contribution >= 4 is 34.5 Å². The summed E-state index contributed by atoms with van der Waals surface area (Å²) in [6.07, 6.45) is 1.01. The number of rotatable bonds is 2. The highest BCUT2D eigenvalue weighted by Gasteiger charge is 2.25. The molecule has 0 spiro atoms. The Morgan fingerprint density at radius 2 is 2.06 bits per heavy atom. The molecule has 1 saturated heterocycles. The molecule has 0 aromatic heterocycles. The number of hydrogen-bond donors (Lipinski definition) is 3. The van der Waals surface area contributed by atoms with E-state index in [1.807, 2.05) is 5.32 Å². The Bertz CT molecular complexity index is 568. The van der Waals surface area contributed by atoms with Crippen molar-refractivity contribution in [2.75, 3.05) is 5.32 Å². The quantitative estimate of drug-likeness (QED) is 0.551. The van der Waals surface area contributed by atoms with E-state index in [0.29, 0.717) is 11.8 Å². The van der Waals surface area contributed by atoms with Crippen molar-refractivity contribution in [1.29, 1.82) is 0 Å². The molecule has 18 heavy (non-hydrogen) atoms. The number of imide groups is 1. The third-order valence-corrected chi connectivity index (χ3v) is 2.88. The summed E-state index contributed by atoms with van der Waals surface area (Å²) in [5, 5.41) is 13.4. The Morgan fingerprint density at radius 3 is 2.67 bits per heavy atom. The van der Waals surface area contributed by atoms with E-state index >= 15 is 0 Å². The number of phenolic OH excluding ortho intramolecular Hbond substituents is 1. The van der Waals surface area contributed by atoms with E-state index in [9.17, 15) is 19.5 Å². The molecule has 1 heterocycles. The lowest BCUT2D eigenvalue weighted by molar-refractivity contribution is -0.116. The molecule has 1 fully saturated rings. The topological polar surface area (TPSA) is 95.5 Å². The van der Waals surface area contributed by atoms with E-state index in [1.165, 1.54) is 12.1 Å². The van der Waals surface area contributed by atoms with Crippen LogP contribution in [-0.2, 0) is 9.59 Å². The number of carbonyl (C=O) groups excluding carboxylic acids is 3. The summed E-state index contributed by atoms with van der Waals surface area (Å²) in [5.41, 5.74) is 0.231. The SMILES string of the molecule is O=C(C=C1SC(=O)NC1=O)Nc1ccccc1O. The van der Waals surface area contributed by atoms with Crippen molar-refractivity contribution in [3.05, 3.63) is 35.2 Å². The largest absolute Gasteiger partial charge is 0.506 e. The maximum atomic E-state index is 11.6. The Kier molecular flexibility index (Phi) is 3.33. The Labute approximate surface area is 106 Å². The van der Waals surface area contributed by atoms with Crippen LogP contribution in [0.2, 0.25) is 0 Å². The second kappa shape index (κ2) is 4.92. The first-order valence-electron chi connectivity index (χ1n) is 4.90. The minimum Gasteiger partial charge on any atom is -0.506 e. The monoisotopic (exact) mass is 264 g/mol. The van der Waals surface area contributed by atoms with Gasteiger partial charge in [-0.3, -0.25) is 19.7 Å². The zero-order valence-corrected chi connectivity index (χ0v) is 9.78. The first-order chi connectivity index (χ1) is 8.56. The third kappa shape index (κ3) is 2.69. The number of carbonyl (C=O) groups is 3. The highest BCUT2D eigenvalue weighted by molar-refractivity contribution is 8.18. The number of benzene rings is 1. The van der Waals surface area contributed by atoms with Crippen molar-refractivity contribution in [2.45, 2.75) is 0 Å². The summed E-state index contributed by atoms with van der Waals surface area (Å²) in [7, 11) is 0. The zero-order chi connectivity index (χ0) is 13.1. The average Bonchev–Trinajstić information content (AvgIpc) is 2.61. The van der Waals surface area contributed by atoms with Crippen LogP contribution in [0.1, 0.15) is 0 Å². The molecule has 7 heteroatoms. The molecule has 1 aromatic rings. The molecule has 2 rings (SSSR count). The predicted molar refractivity (Wildman–Crippen MR) is 65.9 cm³/mol. The van der Waals surface area contributed by atoms with Gasteiger partial charge in [0.25, 0.3) is 11.1 Å². The van der Waals surface area contributed by atoms with E-state index in [0.717, 1.165) is 6.08 Å². The lowest BCUT2D eigenvalue weighted by Crippen LogP contribution is -2.18. The third-order valence-electron chi connectivity index (χ3n) is 2.07. The van der Waals surface area contributed by atoms with Gasteiger partial charge in [0.05, 0.1) is 10.6 Å². The summed E-state index contributed by atoms with van der Waals surface area (Å²) >= 11 is 0.655. The van der Waals surface area contributed by atoms with Crippen LogP contribution in [0.25, 0.3) is 0 Å². The van der Waals surface area contributed by atoms with Crippen LogP contribution in [0.3, 0.4) is 0 Å². The highest BCUT2D eigenvalue weighted by atomic mass is 32.2. The Hall–Kier alpha value is -2.28. The van der Waals surface area contributed by atoms with Gasteiger partial charge in [0, 0.05) is 6.08 Å². The summed E-state index contributed by atoms with van der Waals surface area (Å²) in [6, 6.07) is 6.19. The van der Waals surface area contributed by atoms with Crippen molar-refractivity contribution < 1.29 is 19.5 Å².